The van der Waals surface area contributed by atoms with Gasteiger partial charge < -0.3 is 5.32 Å². The lowest BCUT2D eigenvalue weighted by Crippen LogP contribution is -2.44. The van der Waals surface area contributed by atoms with Crippen molar-refractivity contribution in [2.24, 2.45) is 5.92 Å². The second kappa shape index (κ2) is 6.85. The van der Waals surface area contributed by atoms with Crippen LogP contribution in [0.2, 0.25) is 4.34 Å². The van der Waals surface area contributed by atoms with Gasteiger partial charge in [-0.05, 0) is 31.8 Å². The molecule has 0 amide bonds. The summed E-state index contributed by atoms with van der Waals surface area (Å²) >= 11 is 7.43. The number of hydrogen-bond donors (Lipinski definition) is 1. The number of nitrogens with zero attached hydrogens (tertiary/aromatic N) is 2. The molecule has 18 heavy (non-hydrogen) atoms. The molecule has 3 nitrogen and oxygen atoms in total. The average molecular weight is 288 g/mol. The van der Waals surface area contributed by atoms with Crippen LogP contribution in [0, 0.1) is 5.92 Å². The fraction of sp³-hybridized carbons (Fsp3) is 0.769. The van der Waals surface area contributed by atoms with Gasteiger partial charge in [-0.3, -0.25) is 4.90 Å². The van der Waals surface area contributed by atoms with Gasteiger partial charge in [-0.15, -0.1) is 11.3 Å². The summed E-state index contributed by atoms with van der Waals surface area (Å²) in [5.41, 5.74) is 0. The van der Waals surface area contributed by atoms with Gasteiger partial charge in [0.05, 0.1) is 6.20 Å². The van der Waals surface area contributed by atoms with E-state index in [9.17, 15) is 0 Å². The molecule has 102 valence electrons. The van der Waals surface area contributed by atoms with Gasteiger partial charge in [-0.25, -0.2) is 4.98 Å². The van der Waals surface area contributed by atoms with Crippen LogP contribution in [-0.2, 0) is 6.54 Å². The zero-order valence-corrected chi connectivity index (χ0v) is 12.7. The van der Waals surface area contributed by atoms with Crippen LogP contribution in [0.3, 0.4) is 0 Å². The molecule has 1 fully saturated rings. The van der Waals surface area contributed by atoms with Crippen LogP contribution >= 0.6 is 22.9 Å². The molecular formula is C13H22ClN3S. The molecule has 1 saturated heterocycles. The number of nitrogens with one attached hydrogen (secondary N) is 1. The van der Waals surface area contributed by atoms with Gasteiger partial charge in [-0.2, -0.15) is 0 Å². The van der Waals surface area contributed by atoms with Crippen LogP contribution < -0.4 is 5.32 Å². The minimum absolute atomic E-state index is 0.642. The molecule has 1 aromatic heterocycles. The summed E-state index contributed by atoms with van der Waals surface area (Å²) in [4.78, 5) is 6.88. The number of thiazole rings is 1. The Morgan fingerprint density at radius 2 is 2.17 bits per heavy atom. The molecule has 1 aromatic rings. The fourth-order valence-corrected chi connectivity index (χ4v) is 3.48. The smallest absolute Gasteiger partial charge is 0.113 e. The van der Waals surface area contributed by atoms with Crippen molar-refractivity contribution < 1.29 is 0 Å². The lowest BCUT2D eigenvalue weighted by molar-refractivity contribution is 0.186. The zero-order chi connectivity index (χ0) is 13.0. The summed E-state index contributed by atoms with van der Waals surface area (Å²) in [6.45, 7) is 9.00. The second-order valence-corrected chi connectivity index (χ2v) is 6.99. The van der Waals surface area contributed by atoms with Crippen LogP contribution in [0.25, 0.3) is 0 Å². The van der Waals surface area contributed by atoms with Crippen LogP contribution in [0.1, 0.15) is 31.7 Å². The average Bonchev–Trinajstić information content (AvgIpc) is 2.95. The Morgan fingerprint density at radius 3 is 2.72 bits per heavy atom. The van der Waals surface area contributed by atoms with Crippen molar-refractivity contribution in [3.8, 4) is 0 Å². The van der Waals surface area contributed by atoms with Crippen LogP contribution in [0.15, 0.2) is 6.20 Å². The topological polar surface area (TPSA) is 28.2 Å². The van der Waals surface area contributed by atoms with Crippen molar-refractivity contribution in [2.45, 2.75) is 39.3 Å². The maximum atomic E-state index is 5.88. The van der Waals surface area contributed by atoms with Gasteiger partial charge >= 0.3 is 0 Å². The molecular weight excluding hydrogens is 266 g/mol. The van der Waals surface area contributed by atoms with E-state index >= 15 is 0 Å². The molecule has 1 aliphatic heterocycles. The Labute approximate surface area is 119 Å². The van der Waals surface area contributed by atoms with Crippen LogP contribution in [0.4, 0.5) is 0 Å². The van der Waals surface area contributed by atoms with Crippen molar-refractivity contribution >= 4 is 22.9 Å². The van der Waals surface area contributed by atoms with Crippen LogP contribution in [-0.4, -0.2) is 35.6 Å². The highest BCUT2D eigenvalue weighted by molar-refractivity contribution is 7.15. The Hall–Kier alpha value is -0.160. The first-order chi connectivity index (χ1) is 8.66. The first-order valence-electron chi connectivity index (χ1n) is 6.72. The maximum Gasteiger partial charge on any atom is 0.113 e. The van der Waals surface area contributed by atoms with Crippen LogP contribution in [0.5, 0.6) is 0 Å². The summed E-state index contributed by atoms with van der Waals surface area (Å²) < 4.78 is 0.770. The highest BCUT2D eigenvalue weighted by Gasteiger charge is 2.24. The summed E-state index contributed by atoms with van der Waals surface area (Å²) in [7, 11) is 0. The third kappa shape index (κ3) is 3.92. The van der Waals surface area contributed by atoms with Gasteiger partial charge in [0.15, 0.2) is 0 Å². The predicted octanol–water partition coefficient (Wildman–Crippen LogP) is 3.01. The van der Waals surface area contributed by atoms with E-state index in [0.717, 1.165) is 22.4 Å². The lowest BCUT2D eigenvalue weighted by atomic mass is 10.0. The highest BCUT2D eigenvalue weighted by atomic mass is 35.5. The quantitative estimate of drug-likeness (QED) is 0.872. The zero-order valence-electron chi connectivity index (χ0n) is 11.2. The van der Waals surface area contributed by atoms with Crippen molar-refractivity contribution in [1.82, 2.24) is 15.2 Å². The largest absolute Gasteiger partial charge is 0.309 e. The molecule has 0 saturated carbocycles. The minimum Gasteiger partial charge on any atom is -0.309 e. The van der Waals surface area contributed by atoms with Gasteiger partial charge in [-0.1, -0.05) is 25.4 Å². The third-order valence-electron chi connectivity index (χ3n) is 3.53. The lowest BCUT2D eigenvalue weighted by Gasteiger charge is -2.31. The Morgan fingerprint density at radius 1 is 1.44 bits per heavy atom. The molecule has 5 heteroatoms. The molecule has 2 rings (SSSR count). The van der Waals surface area contributed by atoms with Gasteiger partial charge in [0.25, 0.3) is 0 Å². The monoisotopic (exact) mass is 287 g/mol. The Bertz CT molecular complexity index is 361. The summed E-state index contributed by atoms with van der Waals surface area (Å²) in [5.74, 6) is 0.690. The van der Waals surface area contributed by atoms with Crippen molar-refractivity contribution in [1.29, 1.82) is 0 Å². The number of aromatic nitrogens is 1. The van der Waals surface area contributed by atoms with Crippen molar-refractivity contribution in [3.05, 3.63) is 15.5 Å². The first-order valence-corrected chi connectivity index (χ1v) is 7.91. The Kier molecular flexibility index (Phi) is 5.42. The summed E-state index contributed by atoms with van der Waals surface area (Å²) in [6, 6.07) is 0.642. The van der Waals surface area contributed by atoms with E-state index in [1.807, 2.05) is 0 Å². The first kappa shape index (κ1) is 14.3. The number of likely N-dealkylation sites (tertiary alicyclic amines) is 1. The normalized spacial score (nSPS) is 18.7. The molecule has 0 bridgehead atoms. The van der Waals surface area contributed by atoms with Crippen molar-refractivity contribution in [2.75, 3.05) is 19.6 Å². The van der Waals surface area contributed by atoms with E-state index < -0.39 is 0 Å². The fourth-order valence-electron chi connectivity index (χ4n) is 2.56. The third-order valence-corrected chi connectivity index (χ3v) is 4.65. The molecule has 2 heterocycles. The number of rotatable bonds is 6. The maximum absolute atomic E-state index is 5.88. The van der Waals surface area contributed by atoms with E-state index in [0.29, 0.717) is 12.0 Å². The molecule has 0 aromatic carbocycles. The summed E-state index contributed by atoms with van der Waals surface area (Å²) in [5, 5.41) is 4.59. The van der Waals surface area contributed by atoms with E-state index in [4.69, 9.17) is 11.6 Å². The molecule has 0 spiro atoms. The number of hydrogen-bond acceptors (Lipinski definition) is 4. The van der Waals surface area contributed by atoms with Gasteiger partial charge in [0.2, 0.25) is 0 Å². The van der Waals surface area contributed by atoms with Crippen molar-refractivity contribution in [3.63, 3.8) is 0 Å². The van der Waals surface area contributed by atoms with E-state index in [1.165, 1.54) is 25.9 Å². The molecule has 0 aliphatic carbocycles. The standard InChI is InChI=1S/C13H22ClN3S/c1-10(2)11(17-5-3-4-6-17)7-15-9-13-16-8-12(14)18-13/h8,10-11,15H,3-7,9H2,1-2H3. The number of halogens is 1. The highest BCUT2D eigenvalue weighted by Crippen LogP contribution is 2.19. The van der Waals surface area contributed by atoms with Gasteiger partial charge in [0.1, 0.15) is 9.34 Å². The van der Waals surface area contributed by atoms with E-state index in [1.54, 1.807) is 17.5 Å². The molecule has 1 unspecified atom stereocenters. The summed E-state index contributed by atoms with van der Waals surface area (Å²) in [6.07, 6.45) is 4.43. The minimum atomic E-state index is 0.642. The Balaban J connectivity index is 1.78. The van der Waals surface area contributed by atoms with E-state index in [2.05, 4.69) is 29.0 Å². The SMILES string of the molecule is CC(C)C(CNCc1ncc(Cl)s1)N1CCCC1. The predicted molar refractivity (Wildman–Crippen MR) is 78.3 cm³/mol. The van der Waals surface area contributed by atoms with E-state index in [-0.39, 0.29) is 0 Å². The van der Waals surface area contributed by atoms with Gasteiger partial charge in [0, 0.05) is 19.1 Å². The second-order valence-electron chi connectivity index (χ2n) is 5.24. The molecule has 1 aliphatic rings. The molecule has 1 atom stereocenters. The molecule has 1 N–H and O–H groups in total. The molecule has 0 radical (unpaired) electrons.